The molecule has 0 fully saturated rings. The van der Waals surface area contributed by atoms with Crippen LogP contribution in [0.4, 0.5) is 0 Å². The van der Waals surface area contributed by atoms with Crippen molar-refractivity contribution in [3.05, 3.63) is 54.1 Å². The van der Waals surface area contributed by atoms with Gasteiger partial charge in [-0.05, 0) is 43.0 Å². The lowest BCUT2D eigenvalue weighted by Crippen LogP contribution is -2.25. The summed E-state index contributed by atoms with van der Waals surface area (Å²) in [6.45, 7) is 2.23. The van der Waals surface area contributed by atoms with Gasteiger partial charge in [0.25, 0.3) is 5.78 Å². The Hall–Kier alpha value is -2.32. The number of sulfonamides is 1. The third-order valence-electron chi connectivity index (χ3n) is 3.42. The second kappa shape index (κ2) is 6.43. The molecule has 0 bridgehead atoms. The Bertz CT molecular complexity index is 920. The molecule has 3 rings (SSSR count). The highest BCUT2D eigenvalue weighted by Gasteiger charge is 2.12. The van der Waals surface area contributed by atoms with Crippen molar-refractivity contribution in [2.45, 2.75) is 24.7 Å². The third-order valence-corrected chi connectivity index (χ3v) is 4.88. The Morgan fingerprint density at radius 1 is 1.26 bits per heavy atom. The largest absolute Gasteiger partial charge is 0.252 e. The van der Waals surface area contributed by atoms with Gasteiger partial charge in [0.2, 0.25) is 10.0 Å². The number of hydrogen-bond acceptors (Lipinski definition) is 5. The van der Waals surface area contributed by atoms with Crippen LogP contribution >= 0.6 is 0 Å². The van der Waals surface area contributed by atoms with Crippen LogP contribution in [0.5, 0.6) is 0 Å². The lowest BCUT2D eigenvalue weighted by atomic mass is 10.2. The average molecular weight is 331 g/mol. The molecule has 1 N–H and O–H groups in total. The van der Waals surface area contributed by atoms with E-state index in [4.69, 9.17) is 0 Å². The number of nitrogens with zero attached hydrogens (tertiary/aromatic N) is 4. The van der Waals surface area contributed by atoms with E-state index in [9.17, 15) is 8.42 Å². The molecule has 0 unspecified atom stereocenters. The monoisotopic (exact) mass is 331 g/mol. The summed E-state index contributed by atoms with van der Waals surface area (Å²) in [5, 5.41) is 4.03. The van der Waals surface area contributed by atoms with Gasteiger partial charge >= 0.3 is 0 Å². The van der Waals surface area contributed by atoms with Crippen molar-refractivity contribution in [3.63, 3.8) is 0 Å². The van der Waals surface area contributed by atoms with Gasteiger partial charge in [0.05, 0.1) is 4.90 Å². The Morgan fingerprint density at radius 3 is 2.96 bits per heavy atom. The minimum atomic E-state index is -3.46. The van der Waals surface area contributed by atoms with E-state index in [-0.39, 0.29) is 0 Å². The zero-order valence-electron chi connectivity index (χ0n) is 12.7. The Kier molecular flexibility index (Phi) is 4.35. The Balaban J connectivity index is 1.56. The number of aryl methyl sites for hydroxylation is 2. The van der Waals surface area contributed by atoms with E-state index in [0.717, 1.165) is 11.1 Å². The molecular formula is C15H17N5O2S. The van der Waals surface area contributed by atoms with Crippen LogP contribution in [0.2, 0.25) is 0 Å². The molecule has 0 aliphatic carbocycles. The van der Waals surface area contributed by atoms with Crippen molar-refractivity contribution in [1.29, 1.82) is 0 Å². The van der Waals surface area contributed by atoms with E-state index >= 15 is 0 Å². The molecular weight excluding hydrogens is 314 g/mol. The van der Waals surface area contributed by atoms with Gasteiger partial charge in [0.15, 0.2) is 0 Å². The highest BCUT2D eigenvalue weighted by Crippen LogP contribution is 2.10. The van der Waals surface area contributed by atoms with Crippen LogP contribution in [0.3, 0.4) is 0 Å². The third kappa shape index (κ3) is 3.72. The first-order valence-electron chi connectivity index (χ1n) is 7.25. The van der Waals surface area contributed by atoms with Gasteiger partial charge in [-0.3, -0.25) is 0 Å². The van der Waals surface area contributed by atoms with E-state index in [1.54, 1.807) is 28.9 Å². The van der Waals surface area contributed by atoms with Crippen LogP contribution < -0.4 is 4.72 Å². The van der Waals surface area contributed by atoms with Crippen LogP contribution in [-0.2, 0) is 16.4 Å². The molecule has 3 aromatic rings. The molecule has 7 nitrogen and oxygen atoms in total. The van der Waals surface area contributed by atoms with Gasteiger partial charge in [0, 0.05) is 18.9 Å². The fraction of sp³-hybridized carbons (Fsp3) is 0.267. The topological polar surface area (TPSA) is 89.2 Å². The van der Waals surface area contributed by atoms with E-state index in [2.05, 4.69) is 19.8 Å². The van der Waals surface area contributed by atoms with Gasteiger partial charge < -0.3 is 0 Å². The number of benzene rings is 1. The summed E-state index contributed by atoms with van der Waals surface area (Å²) in [6.07, 6.45) is 6.41. The van der Waals surface area contributed by atoms with Crippen molar-refractivity contribution >= 4 is 15.8 Å². The molecule has 0 atom stereocenters. The minimum Gasteiger partial charge on any atom is -0.219 e. The van der Waals surface area contributed by atoms with Crippen molar-refractivity contribution in [2.75, 3.05) is 6.54 Å². The van der Waals surface area contributed by atoms with Crippen molar-refractivity contribution in [1.82, 2.24) is 24.3 Å². The highest BCUT2D eigenvalue weighted by atomic mass is 32.2. The fourth-order valence-electron chi connectivity index (χ4n) is 2.25. The minimum absolute atomic E-state index is 0.295. The molecule has 0 saturated carbocycles. The summed E-state index contributed by atoms with van der Waals surface area (Å²) in [4.78, 5) is 8.45. The molecule has 23 heavy (non-hydrogen) atoms. The first-order chi connectivity index (χ1) is 11.0. The zero-order valence-corrected chi connectivity index (χ0v) is 13.5. The molecule has 0 spiro atoms. The number of fused-ring (bicyclic) bond motifs is 1. The van der Waals surface area contributed by atoms with Crippen molar-refractivity contribution in [2.24, 2.45) is 0 Å². The standard InChI is InChI=1S/C15H17N5O2S/c1-12-4-2-6-14(8-12)23(21,22)19-7-3-5-13-9-16-15-17-11-18-20(15)10-13/h2,4,6,8-11,19H,3,5,7H2,1H3. The first-order valence-corrected chi connectivity index (χ1v) is 8.73. The lowest BCUT2D eigenvalue weighted by Gasteiger charge is -2.07. The van der Waals surface area contributed by atoms with E-state index in [1.165, 1.54) is 6.33 Å². The highest BCUT2D eigenvalue weighted by molar-refractivity contribution is 7.89. The van der Waals surface area contributed by atoms with Crippen LogP contribution in [0.1, 0.15) is 17.5 Å². The summed E-state index contributed by atoms with van der Waals surface area (Å²) < 4.78 is 28.6. The van der Waals surface area contributed by atoms with E-state index in [1.807, 2.05) is 19.2 Å². The van der Waals surface area contributed by atoms with Gasteiger partial charge in [0.1, 0.15) is 6.33 Å². The lowest BCUT2D eigenvalue weighted by molar-refractivity contribution is 0.579. The van der Waals surface area contributed by atoms with Gasteiger partial charge in [-0.2, -0.15) is 10.1 Å². The first kappa shape index (κ1) is 15.6. The summed E-state index contributed by atoms with van der Waals surface area (Å²) in [7, 11) is -3.46. The maximum atomic E-state index is 12.2. The van der Waals surface area contributed by atoms with Gasteiger partial charge in [-0.25, -0.2) is 22.6 Å². The fourth-order valence-corrected chi connectivity index (χ4v) is 3.43. The maximum Gasteiger partial charge on any atom is 0.252 e. The SMILES string of the molecule is Cc1cccc(S(=O)(=O)NCCCc2cnc3ncnn3c2)c1. The van der Waals surface area contributed by atoms with Crippen LogP contribution in [-0.4, -0.2) is 34.5 Å². The van der Waals surface area contributed by atoms with Crippen LogP contribution in [0, 0.1) is 6.92 Å². The quantitative estimate of drug-likeness (QED) is 0.689. The summed E-state index contributed by atoms with van der Waals surface area (Å²) >= 11 is 0. The Labute approximate surface area is 134 Å². The molecule has 0 saturated heterocycles. The zero-order chi connectivity index (χ0) is 16.3. The van der Waals surface area contributed by atoms with Crippen LogP contribution in [0.25, 0.3) is 5.78 Å². The predicted octanol–water partition coefficient (Wildman–Crippen LogP) is 1.34. The number of hydrogen-bond donors (Lipinski definition) is 1. The molecule has 8 heteroatoms. The van der Waals surface area contributed by atoms with Gasteiger partial charge in [-0.1, -0.05) is 12.1 Å². The molecule has 0 amide bonds. The summed E-state index contributed by atoms with van der Waals surface area (Å²) in [5.74, 6) is 0.550. The van der Waals surface area contributed by atoms with E-state index in [0.29, 0.717) is 30.1 Å². The molecule has 2 aromatic heterocycles. The van der Waals surface area contributed by atoms with Crippen molar-refractivity contribution in [3.8, 4) is 0 Å². The second-order valence-corrected chi connectivity index (χ2v) is 7.05. The molecule has 1 aromatic carbocycles. The predicted molar refractivity (Wildman–Crippen MR) is 85.5 cm³/mol. The van der Waals surface area contributed by atoms with Crippen LogP contribution in [0.15, 0.2) is 47.9 Å². The summed E-state index contributed by atoms with van der Waals surface area (Å²) in [5.41, 5.74) is 1.90. The summed E-state index contributed by atoms with van der Waals surface area (Å²) in [6, 6.07) is 6.86. The number of nitrogens with one attached hydrogen (secondary N) is 1. The second-order valence-electron chi connectivity index (χ2n) is 5.28. The van der Waals surface area contributed by atoms with Crippen molar-refractivity contribution < 1.29 is 8.42 Å². The average Bonchev–Trinajstić information content (AvgIpc) is 2.99. The van der Waals surface area contributed by atoms with Gasteiger partial charge in [-0.15, -0.1) is 0 Å². The Morgan fingerprint density at radius 2 is 2.13 bits per heavy atom. The molecule has 0 aliphatic rings. The van der Waals surface area contributed by atoms with E-state index < -0.39 is 10.0 Å². The molecule has 0 radical (unpaired) electrons. The maximum absolute atomic E-state index is 12.2. The normalized spacial score (nSPS) is 11.9. The molecule has 2 heterocycles. The molecule has 120 valence electrons. The number of rotatable bonds is 6. The smallest absolute Gasteiger partial charge is 0.219 e. The molecule has 0 aliphatic heterocycles. The number of aromatic nitrogens is 4.